The molecular formula is C13H26N2O. The first kappa shape index (κ1) is 12.3. The molecule has 0 aromatic carbocycles. The van der Waals surface area contributed by atoms with Crippen molar-refractivity contribution in [3.8, 4) is 0 Å². The van der Waals surface area contributed by atoms with Crippen LogP contribution in [-0.4, -0.2) is 44.3 Å². The fraction of sp³-hybridized carbons (Fsp3) is 1.00. The van der Waals surface area contributed by atoms with Gasteiger partial charge in [-0.2, -0.15) is 0 Å². The predicted octanol–water partition coefficient (Wildman–Crippen LogP) is 1.62. The van der Waals surface area contributed by atoms with Gasteiger partial charge in [-0.1, -0.05) is 12.8 Å². The summed E-state index contributed by atoms with van der Waals surface area (Å²) in [4.78, 5) is 2.54. The minimum Gasteiger partial charge on any atom is -0.381 e. The lowest BCUT2D eigenvalue weighted by Crippen LogP contribution is -2.45. The highest BCUT2D eigenvalue weighted by molar-refractivity contribution is 4.89. The second-order valence-corrected chi connectivity index (χ2v) is 5.67. The van der Waals surface area contributed by atoms with Gasteiger partial charge in [-0.3, -0.25) is 0 Å². The maximum Gasteiger partial charge on any atom is 0.0480 e. The van der Waals surface area contributed by atoms with Gasteiger partial charge >= 0.3 is 0 Å². The number of rotatable bonds is 4. The average molecular weight is 226 g/mol. The van der Waals surface area contributed by atoms with Gasteiger partial charge in [0.25, 0.3) is 0 Å². The largest absolute Gasteiger partial charge is 0.381 e. The molecule has 0 bridgehead atoms. The molecule has 0 radical (unpaired) electrons. The Morgan fingerprint density at radius 1 is 1.25 bits per heavy atom. The van der Waals surface area contributed by atoms with Gasteiger partial charge in [-0.15, -0.1) is 0 Å². The van der Waals surface area contributed by atoms with Crippen molar-refractivity contribution in [1.29, 1.82) is 0 Å². The van der Waals surface area contributed by atoms with E-state index in [2.05, 4.69) is 11.9 Å². The zero-order chi connectivity index (χ0) is 11.4. The second-order valence-electron chi connectivity index (χ2n) is 5.67. The molecule has 2 rings (SSSR count). The average Bonchev–Trinajstić information content (AvgIpc) is 2.79. The molecule has 1 saturated heterocycles. The van der Waals surface area contributed by atoms with E-state index in [4.69, 9.17) is 10.5 Å². The molecule has 16 heavy (non-hydrogen) atoms. The summed E-state index contributed by atoms with van der Waals surface area (Å²) in [5, 5.41) is 0. The van der Waals surface area contributed by atoms with Crippen molar-refractivity contribution in [3.05, 3.63) is 0 Å². The van der Waals surface area contributed by atoms with Crippen LogP contribution in [0.4, 0.5) is 0 Å². The van der Waals surface area contributed by atoms with Crippen molar-refractivity contribution in [2.24, 2.45) is 11.1 Å². The third-order valence-corrected chi connectivity index (χ3v) is 4.50. The van der Waals surface area contributed by atoms with Crippen molar-refractivity contribution >= 4 is 0 Å². The molecule has 0 atom stereocenters. The predicted molar refractivity (Wildman–Crippen MR) is 66.4 cm³/mol. The van der Waals surface area contributed by atoms with Crippen LogP contribution in [0.5, 0.6) is 0 Å². The van der Waals surface area contributed by atoms with Crippen LogP contribution in [0.25, 0.3) is 0 Å². The summed E-state index contributed by atoms with van der Waals surface area (Å²) >= 11 is 0. The summed E-state index contributed by atoms with van der Waals surface area (Å²) in [5.41, 5.74) is 6.42. The van der Waals surface area contributed by atoms with Crippen LogP contribution in [0.3, 0.4) is 0 Å². The molecule has 1 saturated carbocycles. The van der Waals surface area contributed by atoms with E-state index >= 15 is 0 Å². The Labute approximate surface area is 99.3 Å². The van der Waals surface area contributed by atoms with Gasteiger partial charge < -0.3 is 15.4 Å². The molecule has 1 heterocycles. The molecule has 1 aliphatic carbocycles. The van der Waals surface area contributed by atoms with E-state index in [1.54, 1.807) is 0 Å². The van der Waals surface area contributed by atoms with E-state index in [9.17, 15) is 0 Å². The van der Waals surface area contributed by atoms with Crippen LogP contribution >= 0.6 is 0 Å². The Bertz CT molecular complexity index is 208. The number of nitrogens with zero attached hydrogens (tertiary/aromatic N) is 1. The van der Waals surface area contributed by atoms with Crippen LogP contribution in [-0.2, 0) is 4.74 Å². The standard InChI is InChI=1S/C13H26N2O/c1-15(12-4-8-16-9-5-12)11-13(10-14)6-2-3-7-13/h12H,2-11,14H2,1H3. The van der Waals surface area contributed by atoms with Crippen molar-refractivity contribution in [2.75, 3.05) is 33.4 Å². The lowest BCUT2D eigenvalue weighted by atomic mass is 9.85. The van der Waals surface area contributed by atoms with Crippen molar-refractivity contribution in [2.45, 2.75) is 44.6 Å². The number of ether oxygens (including phenoxy) is 1. The molecule has 2 aliphatic rings. The Morgan fingerprint density at radius 2 is 1.88 bits per heavy atom. The molecule has 0 aromatic rings. The van der Waals surface area contributed by atoms with Crippen LogP contribution < -0.4 is 5.73 Å². The third-order valence-electron chi connectivity index (χ3n) is 4.50. The van der Waals surface area contributed by atoms with Gasteiger partial charge in [0.15, 0.2) is 0 Å². The van der Waals surface area contributed by atoms with Gasteiger partial charge in [0.05, 0.1) is 0 Å². The van der Waals surface area contributed by atoms with E-state index in [0.29, 0.717) is 5.41 Å². The zero-order valence-corrected chi connectivity index (χ0v) is 10.6. The summed E-state index contributed by atoms with van der Waals surface area (Å²) in [5.74, 6) is 0. The van der Waals surface area contributed by atoms with Crippen molar-refractivity contribution < 1.29 is 4.74 Å². The summed E-state index contributed by atoms with van der Waals surface area (Å²) in [6.07, 6.45) is 7.79. The molecule has 3 heteroatoms. The lowest BCUT2D eigenvalue weighted by Gasteiger charge is -2.38. The smallest absolute Gasteiger partial charge is 0.0480 e. The van der Waals surface area contributed by atoms with Gasteiger partial charge in [-0.05, 0) is 44.7 Å². The molecule has 94 valence electrons. The minimum absolute atomic E-state index is 0.424. The fourth-order valence-corrected chi connectivity index (χ4v) is 3.34. The highest BCUT2D eigenvalue weighted by Crippen LogP contribution is 2.38. The normalized spacial score (nSPS) is 26.4. The zero-order valence-electron chi connectivity index (χ0n) is 10.6. The van der Waals surface area contributed by atoms with Gasteiger partial charge in [0.1, 0.15) is 0 Å². The summed E-state index contributed by atoms with van der Waals surface area (Å²) in [6.45, 7) is 3.92. The first-order valence-corrected chi connectivity index (χ1v) is 6.74. The van der Waals surface area contributed by atoms with Crippen LogP contribution in [0, 0.1) is 5.41 Å². The maximum absolute atomic E-state index is 6.00. The third kappa shape index (κ3) is 2.76. The molecule has 0 spiro atoms. The van der Waals surface area contributed by atoms with Gasteiger partial charge in [0, 0.05) is 25.8 Å². The molecule has 0 aromatic heterocycles. The van der Waals surface area contributed by atoms with E-state index < -0.39 is 0 Å². The summed E-state index contributed by atoms with van der Waals surface area (Å²) in [7, 11) is 2.27. The monoisotopic (exact) mass is 226 g/mol. The Balaban J connectivity index is 1.86. The van der Waals surface area contributed by atoms with Crippen LogP contribution in [0.15, 0.2) is 0 Å². The Hall–Kier alpha value is -0.120. The van der Waals surface area contributed by atoms with Crippen molar-refractivity contribution in [3.63, 3.8) is 0 Å². The molecule has 2 fully saturated rings. The number of hydrogen-bond donors (Lipinski definition) is 1. The van der Waals surface area contributed by atoms with E-state index in [0.717, 1.165) is 25.8 Å². The summed E-state index contributed by atoms with van der Waals surface area (Å²) in [6, 6.07) is 0.720. The van der Waals surface area contributed by atoms with Crippen LogP contribution in [0.1, 0.15) is 38.5 Å². The minimum atomic E-state index is 0.424. The molecule has 0 unspecified atom stereocenters. The quantitative estimate of drug-likeness (QED) is 0.791. The lowest BCUT2D eigenvalue weighted by molar-refractivity contribution is 0.0288. The number of nitrogens with two attached hydrogens (primary N) is 1. The summed E-state index contributed by atoms with van der Waals surface area (Å²) < 4.78 is 5.42. The van der Waals surface area contributed by atoms with Crippen molar-refractivity contribution in [1.82, 2.24) is 4.90 Å². The second kappa shape index (κ2) is 5.48. The first-order valence-electron chi connectivity index (χ1n) is 6.74. The molecular weight excluding hydrogens is 200 g/mol. The van der Waals surface area contributed by atoms with Gasteiger partial charge in [0.2, 0.25) is 0 Å². The highest BCUT2D eigenvalue weighted by atomic mass is 16.5. The topological polar surface area (TPSA) is 38.5 Å². The van der Waals surface area contributed by atoms with E-state index in [1.165, 1.54) is 45.1 Å². The van der Waals surface area contributed by atoms with E-state index in [-0.39, 0.29) is 0 Å². The van der Waals surface area contributed by atoms with Gasteiger partial charge in [-0.25, -0.2) is 0 Å². The Kier molecular flexibility index (Phi) is 4.22. The molecule has 2 N–H and O–H groups in total. The Morgan fingerprint density at radius 3 is 2.44 bits per heavy atom. The molecule has 3 nitrogen and oxygen atoms in total. The van der Waals surface area contributed by atoms with Crippen LogP contribution in [0.2, 0.25) is 0 Å². The first-order chi connectivity index (χ1) is 7.76. The van der Waals surface area contributed by atoms with E-state index in [1.807, 2.05) is 0 Å². The number of hydrogen-bond acceptors (Lipinski definition) is 3. The highest BCUT2D eigenvalue weighted by Gasteiger charge is 2.35. The maximum atomic E-state index is 6.00. The molecule has 1 aliphatic heterocycles. The fourth-order valence-electron chi connectivity index (χ4n) is 3.34. The SMILES string of the molecule is CN(CC1(CN)CCCC1)C1CCOCC1. The molecule has 0 amide bonds.